The van der Waals surface area contributed by atoms with Gasteiger partial charge in [-0.15, -0.1) is 0 Å². The van der Waals surface area contributed by atoms with Gasteiger partial charge in [-0.05, 0) is 64.2 Å². The summed E-state index contributed by atoms with van der Waals surface area (Å²) in [5.74, 6) is 1.65. The van der Waals surface area contributed by atoms with E-state index in [1.807, 2.05) is 78.9 Å². The van der Waals surface area contributed by atoms with Crippen molar-refractivity contribution in [3.63, 3.8) is 0 Å². The molecule has 0 amide bonds. The monoisotopic (exact) mass is 738 g/mol. The predicted molar refractivity (Wildman–Crippen MR) is 232 cm³/mol. The highest BCUT2D eigenvalue weighted by molar-refractivity contribution is 6.33. The van der Waals surface area contributed by atoms with Crippen LogP contribution in [0.25, 0.3) is 67.5 Å². The number of halogens is 1. The summed E-state index contributed by atoms with van der Waals surface area (Å²) in [5.41, 5.74) is 12.3. The van der Waals surface area contributed by atoms with Crippen molar-refractivity contribution in [1.29, 1.82) is 0 Å². The lowest BCUT2D eigenvalue weighted by molar-refractivity contribution is 1.07. The summed E-state index contributed by atoms with van der Waals surface area (Å²) in [7, 11) is 0. The number of benzene rings is 8. The first-order valence-electron chi connectivity index (χ1n) is 18.6. The Morgan fingerprint density at radius 2 is 0.696 bits per heavy atom. The zero-order valence-electron chi connectivity index (χ0n) is 30.4. The third-order valence-electron chi connectivity index (χ3n) is 9.83. The molecule has 0 aliphatic carbocycles. The Hall–Kier alpha value is -7.14. The molecule has 9 rings (SSSR count). The highest BCUT2D eigenvalue weighted by atomic mass is 35.5. The normalized spacial score (nSPS) is 10.9. The van der Waals surface area contributed by atoms with Crippen molar-refractivity contribution in [2.24, 2.45) is 0 Å². The largest absolute Gasteiger partial charge is 0.310 e. The summed E-state index contributed by atoms with van der Waals surface area (Å²) >= 11 is 7.07. The second kappa shape index (κ2) is 15.7. The average molecular weight is 739 g/mol. The van der Waals surface area contributed by atoms with E-state index < -0.39 is 0 Å². The maximum atomic E-state index is 7.07. The second-order valence-corrected chi connectivity index (χ2v) is 13.8. The van der Waals surface area contributed by atoms with Crippen molar-refractivity contribution in [1.82, 2.24) is 15.0 Å². The number of hydrogen-bond donors (Lipinski definition) is 0. The van der Waals surface area contributed by atoms with E-state index in [2.05, 4.69) is 138 Å². The van der Waals surface area contributed by atoms with Crippen LogP contribution in [0.3, 0.4) is 0 Å². The van der Waals surface area contributed by atoms with E-state index in [9.17, 15) is 0 Å². The Morgan fingerprint density at radius 1 is 0.304 bits per heavy atom. The molecule has 0 bridgehead atoms. The zero-order chi connectivity index (χ0) is 37.7. The maximum Gasteiger partial charge on any atom is 0.165 e. The molecule has 1 aromatic heterocycles. The number of rotatable bonds is 9. The van der Waals surface area contributed by atoms with Gasteiger partial charge in [-0.25, -0.2) is 15.0 Å². The summed E-state index contributed by atoms with van der Waals surface area (Å²) in [4.78, 5) is 17.2. The second-order valence-electron chi connectivity index (χ2n) is 13.4. The molecular weight excluding hydrogens is 704 g/mol. The number of nitrogens with zero attached hydrogens (tertiary/aromatic N) is 4. The lowest BCUT2D eigenvalue weighted by Gasteiger charge is -2.28. The van der Waals surface area contributed by atoms with Crippen molar-refractivity contribution in [3.05, 3.63) is 217 Å². The molecule has 0 spiro atoms. The summed E-state index contributed by atoms with van der Waals surface area (Å²) in [6, 6.07) is 73.0. The fourth-order valence-electron chi connectivity index (χ4n) is 7.00. The van der Waals surface area contributed by atoms with Crippen LogP contribution in [0.5, 0.6) is 0 Å². The Bertz CT molecular complexity index is 2660. The summed E-state index contributed by atoms with van der Waals surface area (Å²) in [6.07, 6.45) is 0. The lowest BCUT2D eigenvalue weighted by atomic mass is 9.99. The number of para-hydroxylation sites is 1. The fraction of sp³-hybridized carbons (Fsp3) is 0. The molecule has 8 aromatic carbocycles. The van der Waals surface area contributed by atoms with Crippen molar-refractivity contribution < 1.29 is 0 Å². The molecule has 4 nitrogen and oxygen atoms in total. The van der Waals surface area contributed by atoms with Crippen molar-refractivity contribution in [2.75, 3.05) is 4.90 Å². The summed E-state index contributed by atoms with van der Waals surface area (Å²) in [6.45, 7) is 0. The van der Waals surface area contributed by atoms with E-state index in [0.29, 0.717) is 28.1 Å². The van der Waals surface area contributed by atoms with Gasteiger partial charge in [0.05, 0.1) is 10.7 Å². The number of hydrogen-bond acceptors (Lipinski definition) is 4. The van der Waals surface area contributed by atoms with Gasteiger partial charge in [-0.2, -0.15) is 0 Å². The SMILES string of the molecule is Clc1ccc(N(c2ccc(-c3ccc(-c4ccccc4)cc3)cc2)c2ccccc2-c2ccccc2)cc1-c1nc(-c2ccccc2)nc(-c2ccccc2)n1. The van der Waals surface area contributed by atoms with E-state index >= 15 is 0 Å². The lowest BCUT2D eigenvalue weighted by Crippen LogP contribution is -2.11. The summed E-state index contributed by atoms with van der Waals surface area (Å²) in [5, 5.41) is 0.545. The maximum absolute atomic E-state index is 7.07. The average Bonchev–Trinajstić information content (AvgIpc) is 3.28. The number of aromatic nitrogens is 3. The van der Waals surface area contributed by atoms with Gasteiger partial charge in [0.1, 0.15) is 0 Å². The Balaban J connectivity index is 1.17. The molecule has 0 saturated carbocycles. The molecule has 0 fully saturated rings. The van der Waals surface area contributed by atoms with Crippen molar-refractivity contribution in [3.8, 4) is 67.5 Å². The molecule has 0 radical (unpaired) electrons. The van der Waals surface area contributed by atoms with Crippen LogP contribution in [0.1, 0.15) is 0 Å². The summed E-state index contributed by atoms with van der Waals surface area (Å²) < 4.78 is 0. The van der Waals surface area contributed by atoms with Gasteiger partial charge >= 0.3 is 0 Å². The molecular formula is C51H35ClN4. The smallest absolute Gasteiger partial charge is 0.165 e. The molecule has 1 heterocycles. The van der Waals surface area contributed by atoms with Crippen LogP contribution in [0.2, 0.25) is 5.02 Å². The van der Waals surface area contributed by atoms with Gasteiger partial charge in [0, 0.05) is 33.6 Å². The van der Waals surface area contributed by atoms with Gasteiger partial charge in [0.25, 0.3) is 0 Å². The van der Waals surface area contributed by atoms with E-state index in [0.717, 1.165) is 50.4 Å². The van der Waals surface area contributed by atoms with Gasteiger partial charge in [0.2, 0.25) is 0 Å². The van der Waals surface area contributed by atoms with Gasteiger partial charge in [-0.1, -0.05) is 188 Å². The first-order valence-corrected chi connectivity index (χ1v) is 18.9. The molecule has 5 heteroatoms. The predicted octanol–water partition coefficient (Wildman–Crippen LogP) is 14.0. The standard InChI is InChI=1S/C51H35ClN4/c52-47-34-33-44(35-46(47)51-54-49(41-19-9-3-10-20-41)53-50(55-51)42-21-11-4-12-22-42)56(48-24-14-13-23-45(48)40-17-7-2-8-18-40)43-31-29-39(30-32-43)38-27-25-37(26-28-38)36-15-5-1-6-16-36/h1-35H. The van der Waals surface area contributed by atoms with E-state index in [1.54, 1.807) is 0 Å². The van der Waals surface area contributed by atoms with Crippen molar-refractivity contribution in [2.45, 2.75) is 0 Å². The minimum atomic E-state index is 0.496. The van der Waals surface area contributed by atoms with Gasteiger partial charge < -0.3 is 4.90 Å². The van der Waals surface area contributed by atoms with E-state index in [-0.39, 0.29) is 0 Å². The van der Waals surface area contributed by atoms with Gasteiger partial charge in [0.15, 0.2) is 17.5 Å². The van der Waals surface area contributed by atoms with Crippen molar-refractivity contribution >= 4 is 28.7 Å². The molecule has 0 aliphatic rings. The molecule has 0 atom stereocenters. The molecule has 0 aliphatic heterocycles. The Morgan fingerprint density at radius 3 is 1.23 bits per heavy atom. The fourth-order valence-corrected chi connectivity index (χ4v) is 7.20. The van der Waals surface area contributed by atoms with Crippen LogP contribution >= 0.6 is 11.6 Å². The van der Waals surface area contributed by atoms with Crippen LogP contribution < -0.4 is 4.90 Å². The molecule has 9 aromatic rings. The van der Waals surface area contributed by atoms with E-state index in [4.69, 9.17) is 26.6 Å². The zero-order valence-corrected chi connectivity index (χ0v) is 31.1. The molecule has 0 unspecified atom stereocenters. The molecule has 0 saturated heterocycles. The Kier molecular flexibility index (Phi) is 9.69. The highest BCUT2D eigenvalue weighted by Gasteiger charge is 2.21. The molecule has 266 valence electrons. The molecule has 56 heavy (non-hydrogen) atoms. The molecule has 0 N–H and O–H groups in total. The Labute approximate surface area is 332 Å². The van der Waals surface area contributed by atoms with Crippen LogP contribution in [0.4, 0.5) is 17.1 Å². The van der Waals surface area contributed by atoms with Crippen LogP contribution in [-0.4, -0.2) is 15.0 Å². The first-order chi connectivity index (χ1) is 27.7. The highest BCUT2D eigenvalue weighted by Crippen LogP contribution is 2.43. The first kappa shape index (κ1) is 34.6. The van der Waals surface area contributed by atoms with Crippen LogP contribution in [0, 0.1) is 0 Å². The van der Waals surface area contributed by atoms with E-state index in [1.165, 1.54) is 11.1 Å². The van der Waals surface area contributed by atoms with Crippen LogP contribution in [-0.2, 0) is 0 Å². The number of anilines is 3. The van der Waals surface area contributed by atoms with Gasteiger partial charge in [-0.3, -0.25) is 0 Å². The minimum Gasteiger partial charge on any atom is -0.310 e. The third-order valence-corrected chi connectivity index (χ3v) is 10.2. The quantitative estimate of drug-likeness (QED) is 0.148. The minimum absolute atomic E-state index is 0.496. The topological polar surface area (TPSA) is 41.9 Å². The van der Waals surface area contributed by atoms with Crippen LogP contribution in [0.15, 0.2) is 212 Å². The third kappa shape index (κ3) is 7.22.